The van der Waals surface area contributed by atoms with Crippen molar-refractivity contribution < 1.29 is 4.52 Å². The molecule has 0 radical (unpaired) electrons. The third-order valence-electron chi connectivity index (χ3n) is 4.44. The topological polar surface area (TPSA) is 52.0 Å². The number of aryl methyl sites for hydroxylation is 1. The predicted octanol–water partition coefficient (Wildman–Crippen LogP) is 5.20. The van der Waals surface area contributed by atoms with Gasteiger partial charge in [-0.1, -0.05) is 65.3 Å². The number of halogens is 1. The largest absolute Gasteiger partial charge is 0.367 e. The van der Waals surface area contributed by atoms with Gasteiger partial charge in [-0.2, -0.15) is 0 Å². The molecular weight excluding hydrogens is 328 g/mol. The average Bonchev–Trinajstić information content (AvgIpc) is 2.88. The van der Waals surface area contributed by atoms with E-state index < -0.39 is 0 Å². The third kappa shape index (κ3) is 3.49. The van der Waals surface area contributed by atoms with Crippen molar-refractivity contribution in [3.8, 4) is 11.1 Å². The molecule has 0 unspecified atom stereocenters. The van der Waals surface area contributed by atoms with Gasteiger partial charge < -0.3 is 10.3 Å². The predicted molar refractivity (Wildman–Crippen MR) is 88.9 cm³/mol. The lowest BCUT2D eigenvalue weighted by Gasteiger charge is -2.20. The summed E-state index contributed by atoms with van der Waals surface area (Å²) in [7, 11) is 0. The van der Waals surface area contributed by atoms with Gasteiger partial charge in [0.05, 0.1) is 11.3 Å². The second-order valence-electron chi connectivity index (χ2n) is 5.92. The second-order valence-corrected chi connectivity index (χ2v) is 6.83. The van der Waals surface area contributed by atoms with Gasteiger partial charge in [-0.05, 0) is 36.5 Å². The third-order valence-corrected chi connectivity index (χ3v) is 4.96. The van der Waals surface area contributed by atoms with Gasteiger partial charge in [0.15, 0.2) is 0 Å². The van der Waals surface area contributed by atoms with Crippen molar-refractivity contribution in [2.24, 2.45) is 5.92 Å². The summed E-state index contributed by atoms with van der Waals surface area (Å²) in [5.41, 5.74) is 9.03. The standard InChI is InChI=1S/C17H21BrN2O/c18-14-9-7-13(8-10-14)16-15(20-21-17(16)19)11-6-12-4-2-1-3-5-12/h7-10,12H,1-6,11,19H2. The van der Waals surface area contributed by atoms with Crippen LogP contribution < -0.4 is 5.73 Å². The van der Waals surface area contributed by atoms with E-state index >= 15 is 0 Å². The van der Waals surface area contributed by atoms with Crippen LogP contribution in [0.4, 0.5) is 5.88 Å². The van der Waals surface area contributed by atoms with Crippen molar-refractivity contribution in [2.75, 3.05) is 5.73 Å². The zero-order chi connectivity index (χ0) is 14.7. The fourth-order valence-corrected chi connectivity index (χ4v) is 3.51. The highest BCUT2D eigenvalue weighted by molar-refractivity contribution is 9.10. The Hall–Kier alpha value is -1.29. The maximum atomic E-state index is 5.98. The molecule has 1 heterocycles. The minimum absolute atomic E-state index is 0.427. The van der Waals surface area contributed by atoms with Crippen molar-refractivity contribution in [1.82, 2.24) is 5.16 Å². The smallest absolute Gasteiger partial charge is 0.230 e. The first-order chi connectivity index (χ1) is 10.2. The Morgan fingerprint density at radius 2 is 1.86 bits per heavy atom. The van der Waals surface area contributed by atoms with E-state index in [1.54, 1.807) is 0 Å². The zero-order valence-electron chi connectivity index (χ0n) is 12.1. The second kappa shape index (κ2) is 6.65. The fraction of sp³-hybridized carbons (Fsp3) is 0.471. The number of nitrogens with zero attached hydrogens (tertiary/aromatic N) is 1. The highest BCUT2D eigenvalue weighted by Crippen LogP contribution is 2.33. The monoisotopic (exact) mass is 348 g/mol. The van der Waals surface area contributed by atoms with Gasteiger partial charge in [-0.25, -0.2) is 0 Å². The molecule has 1 aliphatic rings. The number of aromatic nitrogens is 1. The fourth-order valence-electron chi connectivity index (χ4n) is 3.25. The molecule has 0 atom stereocenters. The molecule has 2 N–H and O–H groups in total. The molecule has 21 heavy (non-hydrogen) atoms. The van der Waals surface area contributed by atoms with E-state index in [1.807, 2.05) is 12.1 Å². The van der Waals surface area contributed by atoms with Gasteiger partial charge in [-0.15, -0.1) is 0 Å². The molecule has 2 aromatic rings. The van der Waals surface area contributed by atoms with E-state index in [2.05, 4.69) is 33.2 Å². The van der Waals surface area contributed by atoms with Crippen molar-refractivity contribution in [2.45, 2.75) is 44.9 Å². The van der Waals surface area contributed by atoms with E-state index in [-0.39, 0.29) is 0 Å². The SMILES string of the molecule is Nc1onc(CCC2CCCCC2)c1-c1ccc(Br)cc1. The summed E-state index contributed by atoms with van der Waals surface area (Å²) in [6, 6.07) is 8.15. The summed E-state index contributed by atoms with van der Waals surface area (Å²) in [4.78, 5) is 0. The highest BCUT2D eigenvalue weighted by atomic mass is 79.9. The summed E-state index contributed by atoms with van der Waals surface area (Å²) in [6.45, 7) is 0. The minimum atomic E-state index is 0.427. The van der Waals surface area contributed by atoms with Crippen LogP contribution in [0.15, 0.2) is 33.3 Å². The Bertz CT molecular complexity index is 585. The zero-order valence-corrected chi connectivity index (χ0v) is 13.7. The van der Waals surface area contributed by atoms with Crippen LogP contribution in [0.25, 0.3) is 11.1 Å². The molecule has 3 rings (SSSR count). The summed E-state index contributed by atoms with van der Waals surface area (Å²) < 4.78 is 6.30. The number of benzene rings is 1. The van der Waals surface area contributed by atoms with Crippen molar-refractivity contribution >= 4 is 21.8 Å². The summed E-state index contributed by atoms with van der Waals surface area (Å²) in [6.07, 6.45) is 9.03. The minimum Gasteiger partial charge on any atom is -0.367 e. The molecule has 1 fully saturated rings. The van der Waals surface area contributed by atoms with Gasteiger partial charge in [0.25, 0.3) is 0 Å². The summed E-state index contributed by atoms with van der Waals surface area (Å²) >= 11 is 3.46. The maximum Gasteiger partial charge on any atom is 0.230 e. The molecule has 0 saturated heterocycles. The lowest BCUT2D eigenvalue weighted by Crippen LogP contribution is -2.07. The lowest BCUT2D eigenvalue weighted by molar-refractivity contribution is 0.335. The van der Waals surface area contributed by atoms with Crippen molar-refractivity contribution in [3.05, 3.63) is 34.4 Å². The van der Waals surface area contributed by atoms with Crippen LogP contribution in [0.3, 0.4) is 0 Å². The van der Waals surface area contributed by atoms with Crippen LogP contribution in [0.5, 0.6) is 0 Å². The highest BCUT2D eigenvalue weighted by Gasteiger charge is 2.18. The molecule has 1 aromatic carbocycles. The van der Waals surface area contributed by atoms with Crippen molar-refractivity contribution in [3.63, 3.8) is 0 Å². The summed E-state index contributed by atoms with van der Waals surface area (Å²) in [5.74, 6) is 1.27. The van der Waals surface area contributed by atoms with Gasteiger partial charge in [0.2, 0.25) is 5.88 Å². The van der Waals surface area contributed by atoms with E-state index in [0.717, 1.165) is 33.6 Å². The van der Waals surface area contributed by atoms with Crippen LogP contribution in [0.2, 0.25) is 0 Å². The van der Waals surface area contributed by atoms with E-state index in [9.17, 15) is 0 Å². The number of nitrogen functional groups attached to an aromatic ring is 1. The van der Waals surface area contributed by atoms with Gasteiger partial charge >= 0.3 is 0 Å². The maximum absolute atomic E-state index is 5.98. The number of nitrogens with two attached hydrogens (primary N) is 1. The Morgan fingerprint density at radius 1 is 1.14 bits per heavy atom. The molecular formula is C17H21BrN2O. The number of hydrogen-bond acceptors (Lipinski definition) is 3. The first-order valence-electron chi connectivity index (χ1n) is 7.74. The van der Waals surface area contributed by atoms with Gasteiger partial charge in [-0.3, -0.25) is 0 Å². The number of rotatable bonds is 4. The molecule has 3 nitrogen and oxygen atoms in total. The average molecular weight is 349 g/mol. The van der Waals surface area contributed by atoms with E-state index in [4.69, 9.17) is 10.3 Å². The van der Waals surface area contributed by atoms with E-state index in [1.165, 1.54) is 38.5 Å². The van der Waals surface area contributed by atoms with Crippen molar-refractivity contribution in [1.29, 1.82) is 0 Å². The molecule has 0 bridgehead atoms. The lowest BCUT2D eigenvalue weighted by atomic mass is 9.85. The molecule has 0 aliphatic heterocycles. The number of anilines is 1. The van der Waals surface area contributed by atoms with Gasteiger partial charge in [0, 0.05) is 4.47 Å². The first-order valence-corrected chi connectivity index (χ1v) is 8.53. The van der Waals surface area contributed by atoms with Crippen LogP contribution in [-0.2, 0) is 6.42 Å². The first kappa shape index (κ1) is 14.6. The molecule has 0 amide bonds. The molecule has 1 aromatic heterocycles. The molecule has 1 aliphatic carbocycles. The molecule has 4 heteroatoms. The quantitative estimate of drug-likeness (QED) is 0.825. The van der Waals surface area contributed by atoms with Gasteiger partial charge in [0.1, 0.15) is 0 Å². The van der Waals surface area contributed by atoms with E-state index in [0.29, 0.717) is 5.88 Å². The Labute approximate surface area is 134 Å². The van der Waals surface area contributed by atoms with Crippen LogP contribution in [0.1, 0.15) is 44.2 Å². The Balaban J connectivity index is 1.75. The van der Waals surface area contributed by atoms with Crippen LogP contribution in [0, 0.1) is 5.92 Å². The molecule has 112 valence electrons. The summed E-state index contributed by atoms with van der Waals surface area (Å²) in [5, 5.41) is 4.19. The van der Waals surface area contributed by atoms with Crippen LogP contribution in [-0.4, -0.2) is 5.16 Å². The van der Waals surface area contributed by atoms with Crippen LogP contribution >= 0.6 is 15.9 Å². The molecule has 0 spiro atoms. The molecule has 1 saturated carbocycles. The normalized spacial score (nSPS) is 16.2. The Morgan fingerprint density at radius 3 is 2.57 bits per heavy atom. The number of hydrogen-bond donors (Lipinski definition) is 1. The Kier molecular flexibility index (Phi) is 4.63.